The summed E-state index contributed by atoms with van der Waals surface area (Å²) < 4.78 is 4.86. The molecule has 0 saturated carbocycles. The van der Waals surface area contributed by atoms with Crippen LogP contribution >= 0.6 is 23.2 Å². The number of methoxy groups -OCH3 is 1. The van der Waals surface area contributed by atoms with Gasteiger partial charge in [-0.3, -0.25) is 4.79 Å². The Morgan fingerprint density at radius 3 is 2.58 bits per heavy atom. The Hall–Kier alpha value is -0.810. The van der Waals surface area contributed by atoms with Crippen molar-refractivity contribution in [2.45, 2.75) is 19.5 Å². The van der Waals surface area contributed by atoms with Crippen LogP contribution in [0.5, 0.6) is 0 Å². The first-order valence-corrected chi connectivity index (χ1v) is 6.74. The van der Waals surface area contributed by atoms with Crippen LogP contribution in [0.15, 0.2) is 18.2 Å². The number of amides is 1. The Morgan fingerprint density at radius 1 is 1.37 bits per heavy atom. The molecule has 0 radical (unpaired) electrons. The Kier molecular flexibility index (Phi) is 7.16. The first kappa shape index (κ1) is 16.2. The van der Waals surface area contributed by atoms with Crippen LogP contribution in [0.2, 0.25) is 10.0 Å². The Labute approximate surface area is 123 Å². The second-order valence-electron chi connectivity index (χ2n) is 4.09. The van der Waals surface area contributed by atoms with Crippen molar-refractivity contribution in [3.05, 3.63) is 33.8 Å². The van der Waals surface area contributed by atoms with Crippen molar-refractivity contribution in [3.8, 4) is 0 Å². The molecule has 0 aliphatic rings. The van der Waals surface area contributed by atoms with Crippen LogP contribution in [0.25, 0.3) is 0 Å². The molecule has 0 spiro atoms. The van der Waals surface area contributed by atoms with Crippen molar-refractivity contribution in [2.75, 3.05) is 20.3 Å². The standard InChI is InChI=1S/C13H18Cl2N2O2/c1-9(13(18)16-6-7-19-2)17-8-10-11(14)4-3-5-12(10)15/h3-5,9,17H,6-8H2,1-2H3,(H,16,18). The summed E-state index contributed by atoms with van der Waals surface area (Å²) in [7, 11) is 1.59. The molecule has 1 unspecified atom stereocenters. The van der Waals surface area contributed by atoms with Crippen LogP contribution in [-0.4, -0.2) is 32.2 Å². The monoisotopic (exact) mass is 304 g/mol. The molecule has 6 heteroatoms. The molecule has 4 nitrogen and oxygen atoms in total. The van der Waals surface area contributed by atoms with Gasteiger partial charge in [-0.25, -0.2) is 0 Å². The summed E-state index contributed by atoms with van der Waals surface area (Å²) in [5, 5.41) is 7.02. The van der Waals surface area contributed by atoms with Gasteiger partial charge in [0.25, 0.3) is 0 Å². The van der Waals surface area contributed by atoms with Crippen LogP contribution in [-0.2, 0) is 16.1 Å². The molecule has 0 aromatic heterocycles. The molecule has 0 fully saturated rings. The van der Waals surface area contributed by atoms with Gasteiger partial charge in [0.15, 0.2) is 0 Å². The topological polar surface area (TPSA) is 50.4 Å². The molecule has 1 amide bonds. The minimum absolute atomic E-state index is 0.0831. The van der Waals surface area contributed by atoms with E-state index in [4.69, 9.17) is 27.9 Å². The quantitative estimate of drug-likeness (QED) is 0.760. The number of carbonyl (C=O) groups is 1. The van der Waals surface area contributed by atoms with E-state index in [1.54, 1.807) is 32.2 Å². The average molecular weight is 305 g/mol. The van der Waals surface area contributed by atoms with Gasteiger partial charge in [0.05, 0.1) is 12.6 Å². The van der Waals surface area contributed by atoms with E-state index < -0.39 is 0 Å². The Balaban J connectivity index is 2.45. The van der Waals surface area contributed by atoms with Crippen LogP contribution in [0.3, 0.4) is 0 Å². The number of nitrogens with one attached hydrogen (secondary N) is 2. The third-order valence-electron chi connectivity index (χ3n) is 2.65. The molecule has 0 aliphatic carbocycles. The van der Waals surface area contributed by atoms with Crippen LogP contribution in [0.4, 0.5) is 0 Å². The third-order valence-corrected chi connectivity index (χ3v) is 3.35. The van der Waals surface area contributed by atoms with E-state index in [-0.39, 0.29) is 11.9 Å². The molecule has 2 N–H and O–H groups in total. The molecule has 1 atom stereocenters. The molecule has 19 heavy (non-hydrogen) atoms. The number of hydrogen-bond acceptors (Lipinski definition) is 3. The summed E-state index contributed by atoms with van der Waals surface area (Å²) >= 11 is 12.1. The number of rotatable bonds is 7. The van der Waals surface area contributed by atoms with Crippen molar-refractivity contribution in [2.24, 2.45) is 0 Å². The van der Waals surface area contributed by atoms with Crippen molar-refractivity contribution < 1.29 is 9.53 Å². The predicted octanol–water partition coefficient (Wildman–Crippen LogP) is 2.23. The fourth-order valence-electron chi connectivity index (χ4n) is 1.48. The fraction of sp³-hybridized carbons (Fsp3) is 0.462. The number of halogens is 2. The normalized spacial score (nSPS) is 12.2. The number of benzene rings is 1. The summed E-state index contributed by atoms with van der Waals surface area (Å²) in [6.07, 6.45) is 0. The van der Waals surface area contributed by atoms with E-state index in [9.17, 15) is 4.79 Å². The SMILES string of the molecule is COCCNC(=O)C(C)NCc1c(Cl)cccc1Cl. The maximum absolute atomic E-state index is 11.7. The lowest BCUT2D eigenvalue weighted by Crippen LogP contribution is -2.42. The summed E-state index contributed by atoms with van der Waals surface area (Å²) in [6, 6.07) is 5.00. The van der Waals surface area contributed by atoms with E-state index in [1.807, 2.05) is 0 Å². The molecule has 0 heterocycles. The maximum Gasteiger partial charge on any atom is 0.236 e. The molecule has 106 valence electrons. The summed E-state index contributed by atoms with van der Waals surface area (Å²) in [4.78, 5) is 11.7. The maximum atomic E-state index is 11.7. The highest BCUT2D eigenvalue weighted by molar-refractivity contribution is 6.35. The molecule has 1 aromatic carbocycles. The summed E-state index contributed by atoms with van der Waals surface area (Å²) in [5.41, 5.74) is 0.794. The van der Waals surface area contributed by atoms with Crippen molar-refractivity contribution >= 4 is 29.1 Å². The van der Waals surface area contributed by atoms with E-state index in [0.29, 0.717) is 29.7 Å². The third kappa shape index (κ3) is 5.37. The first-order chi connectivity index (χ1) is 9.06. The highest BCUT2D eigenvalue weighted by Crippen LogP contribution is 2.23. The second-order valence-corrected chi connectivity index (χ2v) is 4.90. The lowest BCUT2D eigenvalue weighted by molar-refractivity contribution is -0.122. The molecule has 0 saturated heterocycles. The van der Waals surface area contributed by atoms with E-state index in [0.717, 1.165) is 5.56 Å². The fourth-order valence-corrected chi connectivity index (χ4v) is 2.01. The lowest BCUT2D eigenvalue weighted by Gasteiger charge is -2.15. The van der Waals surface area contributed by atoms with E-state index in [2.05, 4.69) is 10.6 Å². The van der Waals surface area contributed by atoms with Gasteiger partial charge in [-0.1, -0.05) is 29.3 Å². The van der Waals surface area contributed by atoms with Crippen LogP contribution in [0, 0.1) is 0 Å². The minimum Gasteiger partial charge on any atom is -0.383 e. The largest absolute Gasteiger partial charge is 0.383 e. The molecular weight excluding hydrogens is 287 g/mol. The number of hydrogen-bond donors (Lipinski definition) is 2. The number of carbonyl (C=O) groups excluding carboxylic acids is 1. The van der Waals surface area contributed by atoms with Gasteiger partial charge >= 0.3 is 0 Å². The van der Waals surface area contributed by atoms with Crippen LogP contribution < -0.4 is 10.6 Å². The van der Waals surface area contributed by atoms with Crippen molar-refractivity contribution in [3.63, 3.8) is 0 Å². The summed E-state index contributed by atoms with van der Waals surface area (Å²) in [6.45, 7) is 3.22. The van der Waals surface area contributed by atoms with Gasteiger partial charge in [-0.15, -0.1) is 0 Å². The van der Waals surface area contributed by atoms with E-state index >= 15 is 0 Å². The van der Waals surface area contributed by atoms with Crippen molar-refractivity contribution in [1.82, 2.24) is 10.6 Å². The Morgan fingerprint density at radius 2 is 2.00 bits per heavy atom. The highest BCUT2D eigenvalue weighted by Gasteiger charge is 2.13. The molecule has 0 bridgehead atoms. The molecule has 0 aliphatic heterocycles. The smallest absolute Gasteiger partial charge is 0.236 e. The minimum atomic E-state index is -0.329. The lowest BCUT2D eigenvalue weighted by atomic mass is 10.2. The zero-order valence-electron chi connectivity index (χ0n) is 11.0. The first-order valence-electron chi connectivity index (χ1n) is 5.99. The second kappa shape index (κ2) is 8.38. The molecule has 1 rings (SSSR count). The summed E-state index contributed by atoms with van der Waals surface area (Å²) in [5.74, 6) is -0.0831. The van der Waals surface area contributed by atoms with Gasteiger partial charge in [-0.2, -0.15) is 0 Å². The highest BCUT2D eigenvalue weighted by atomic mass is 35.5. The van der Waals surface area contributed by atoms with Gasteiger partial charge in [-0.05, 0) is 19.1 Å². The van der Waals surface area contributed by atoms with Gasteiger partial charge in [0.1, 0.15) is 0 Å². The zero-order chi connectivity index (χ0) is 14.3. The van der Waals surface area contributed by atoms with Crippen LogP contribution in [0.1, 0.15) is 12.5 Å². The predicted molar refractivity (Wildman–Crippen MR) is 77.6 cm³/mol. The molecular formula is C13H18Cl2N2O2. The average Bonchev–Trinajstić information content (AvgIpc) is 2.38. The van der Waals surface area contributed by atoms with E-state index in [1.165, 1.54) is 0 Å². The Bertz CT molecular complexity index is 407. The van der Waals surface area contributed by atoms with Gasteiger partial charge < -0.3 is 15.4 Å². The van der Waals surface area contributed by atoms with Gasteiger partial charge in [0.2, 0.25) is 5.91 Å². The number of ether oxygens (including phenoxy) is 1. The zero-order valence-corrected chi connectivity index (χ0v) is 12.5. The molecule has 1 aromatic rings. The van der Waals surface area contributed by atoms with Gasteiger partial charge in [0, 0.05) is 35.8 Å². The van der Waals surface area contributed by atoms with Crippen molar-refractivity contribution in [1.29, 1.82) is 0 Å².